The molecular weight excluding hydrogens is 372 g/mol. The van der Waals surface area contributed by atoms with Gasteiger partial charge < -0.3 is 18.9 Å². The van der Waals surface area contributed by atoms with Gasteiger partial charge in [0.2, 0.25) is 0 Å². The number of hydrogen-bond donors (Lipinski definition) is 0. The summed E-state index contributed by atoms with van der Waals surface area (Å²) in [5.41, 5.74) is 1.49. The predicted molar refractivity (Wildman–Crippen MR) is 108 cm³/mol. The quantitative estimate of drug-likeness (QED) is 0.419. The highest BCUT2D eigenvalue weighted by molar-refractivity contribution is 6.18. The van der Waals surface area contributed by atoms with Gasteiger partial charge in [0.05, 0.1) is 7.11 Å². The third kappa shape index (κ3) is 5.25. The van der Waals surface area contributed by atoms with Crippen molar-refractivity contribution in [2.24, 2.45) is 0 Å². The smallest absolute Gasteiger partial charge is 0.348 e. The van der Waals surface area contributed by atoms with E-state index in [9.17, 15) is 9.59 Å². The Morgan fingerprint density at radius 1 is 0.931 bits per heavy atom. The van der Waals surface area contributed by atoms with Gasteiger partial charge in [-0.05, 0) is 35.4 Å². The normalized spacial score (nSPS) is 15.6. The molecule has 0 N–H and O–H groups in total. The molecule has 3 rings (SSSR count). The summed E-state index contributed by atoms with van der Waals surface area (Å²) in [6.45, 7) is 3.36. The number of cyclic esters (lactones) is 2. The fourth-order valence-electron chi connectivity index (χ4n) is 2.72. The van der Waals surface area contributed by atoms with Crippen LogP contribution in [0.4, 0.5) is 0 Å². The molecule has 0 aliphatic carbocycles. The van der Waals surface area contributed by atoms with Gasteiger partial charge in [0.15, 0.2) is 11.5 Å². The second-order valence-electron chi connectivity index (χ2n) is 6.77. The van der Waals surface area contributed by atoms with Crippen LogP contribution in [-0.4, -0.2) is 31.4 Å². The molecule has 1 aliphatic heterocycles. The molecule has 1 saturated heterocycles. The molecule has 150 valence electrons. The minimum atomic E-state index is -1.27. The first kappa shape index (κ1) is 20.2. The Kier molecular flexibility index (Phi) is 6.02. The molecule has 1 aliphatic rings. The second kappa shape index (κ2) is 8.65. The van der Waals surface area contributed by atoms with Crippen LogP contribution < -0.4 is 9.47 Å². The van der Waals surface area contributed by atoms with Gasteiger partial charge in [-0.1, -0.05) is 42.5 Å². The Labute approximate surface area is 169 Å². The van der Waals surface area contributed by atoms with Crippen LogP contribution in [0.15, 0.2) is 60.2 Å². The van der Waals surface area contributed by atoms with Crippen molar-refractivity contribution in [2.45, 2.75) is 19.6 Å². The minimum absolute atomic E-state index is 0.175. The molecule has 2 aromatic rings. The average molecular weight is 394 g/mol. The minimum Gasteiger partial charge on any atom is -0.493 e. The summed E-state index contributed by atoms with van der Waals surface area (Å²) in [4.78, 5) is 24.2. The van der Waals surface area contributed by atoms with Gasteiger partial charge in [-0.3, -0.25) is 0 Å². The maximum atomic E-state index is 12.1. The third-order valence-electron chi connectivity index (χ3n) is 4.06. The van der Waals surface area contributed by atoms with Crippen LogP contribution in [0, 0.1) is 0 Å². The summed E-state index contributed by atoms with van der Waals surface area (Å²) in [6, 6.07) is 15.0. The van der Waals surface area contributed by atoms with Crippen LogP contribution in [0.3, 0.4) is 0 Å². The van der Waals surface area contributed by atoms with Crippen molar-refractivity contribution in [1.29, 1.82) is 0 Å². The summed E-state index contributed by atoms with van der Waals surface area (Å²) in [5, 5.41) is 0. The molecule has 0 saturated carbocycles. The Morgan fingerprint density at radius 2 is 1.62 bits per heavy atom. The molecule has 0 atom stereocenters. The maximum Gasteiger partial charge on any atom is 0.348 e. The van der Waals surface area contributed by atoms with E-state index in [4.69, 9.17) is 18.9 Å². The van der Waals surface area contributed by atoms with Crippen molar-refractivity contribution < 1.29 is 28.5 Å². The number of carbonyl (C=O) groups is 2. The van der Waals surface area contributed by atoms with Gasteiger partial charge in [-0.15, -0.1) is 0 Å². The molecule has 6 heteroatoms. The Balaban J connectivity index is 1.71. The summed E-state index contributed by atoms with van der Waals surface area (Å²) in [7, 11) is 1.52. The molecule has 1 fully saturated rings. The molecule has 0 aromatic heterocycles. The SMILES string of the molecule is COc1cc(C=C2C(=O)OC(C)(C)OC2=O)ccc1OCC=Cc1ccccc1. The highest BCUT2D eigenvalue weighted by Gasteiger charge is 2.38. The van der Waals surface area contributed by atoms with Crippen LogP contribution in [0.25, 0.3) is 12.2 Å². The maximum absolute atomic E-state index is 12.1. The lowest BCUT2D eigenvalue weighted by molar-refractivity contribution is -0.222. The summed E-state index contributed by atoms with van der Waals surface area (Å²) >= 11 is 0. The van der Waals surface area contributed by atoms with Gasteiger partial charge >= 0.3 is 11.9 Å². The molecule has 0 radical (unpaired) electrons. The van der Waals surface area contributed by atoms with Crippen molar-refractivity contribution in [3.05, 3.63) is 71.3 Å². The van der Waals surface area contributed by atoms with Crippen molar-refractivity contribution in [2.75, 3.05) is 13.7 Å². The lowest BCUT2D eigenvalue weighted by Crippen LogP contribution is -2.41. The predicted octanol–water partition coefficient (Wildman–Crippen LogP) is 4.01. The van der Waals surface area contributed by atoms with E-state index in [2.05, 4.69) is 0 Å². The van der Waals surface area contributed by atoms with Gasteiger partial charge in [0.1, 0.15) is 12.2 Å². The Bertz CT molecular complexity index is 935. The van der Waals surface area contributed by atoms with Crippen LogP contribution in [0.1, 0.15) is 25.0 Å². The fourth-order valence-corrected chi connectivity index (χ4v) is 2.72. The van der Waals surface area contributed by atoms with Crippen molar-refractivity contribution in [3.63, 3.8) is 0 Å². The summed E-state index contributed by atoms with van der Waals surface area (Å²) in [5.74, 6) is -1.70. The number of esters is 2. The fraction of sp³-hybridized carbons (Fsp3) is 0.217. The zero-order chi connectivity index (χ0) is 20.9. The Hall–Kier alpha value is -3.54. The topological polar surface area (TPSA) is 71.1 Å². The van der Waals surface area contributed by atoms with Crippen LogP contribution in [-0.2, 0) is 19.1 Å². The molecule has 0 amide bonds. The van der Waals surface area contributed by atoms with E-state index in [1.54, 1.807) is 18.2 Å². The van der Waals surface area contributed by atoms with E-state index in [1.165, 1.54) is 27.0 Å². The van der Waals surface area contributed by atoms with Crippen LogP contribution in [0.2, 0.25) is 0 Å². The molecule has 2 aromatic carbocycles. The van der Waals surface area contributed by atoms with Crippen LogP contribution >= 0.6 is 0 Å². The average Bonchev–Trinajstić information content (AvgIpc) is 2.68. The van der Waals surface area contributed by atoms with Crippen molar-refractivity contribution in [1.82, 2.24) is 0 Å². The number of ether oxygens (including phenoxy) is 4. The highest BCUT2D eigenvalue weighted by atomic mass is 16.7. The third-order valence-corrected chi connectivity index (χ3v) is 4.06. The van der Waals surface area contributed by atoms with Gasteiger partial charge in [0.25, 0.3) is 5.79 Å². The highest BCUT2D eigenvalue weighted by Crippen LogP contribution is 2.30. The molecule has 0 bridgehead atoms. The summed E-state index contributed by atoms with van der Waals surface area (Å²) in [6.07, 6.45) is 5.27. The van der Waals surface area contributed by atoms with Crippen molar-refractivity contribution >= 4 is 24.1 Å². The molecule has 6 nitrogen and oxygen atoms in total. The number of rotatable bonds is 6. The lowest BCUT2D eigenvalue weighted by Gasteiger charge is -2.29. The number of benzene rings is 2. The summed E-state index contributed by atoms with van der Waals surface area (Å²) < 4.78 is 21.3. The van der Waals surface area contributed by atoms with Crippen LogP contribution in [0.5, 0.6) is 11.5 Å². The molecule has 1 heterocycles. The van der Waals surface area contributed by atoms with E-state index in [1.807, 2.05) is 42.5 Å². The molecular formula is C23H22O6. The molecule has 29 heavy (non-hydrogen) atoms. The van der Waals surface area contributed by atoms with E-state index in [0.29, 0.717) is 23.7 Å². The number of hydrogen-bond acceptors (Lipinski definition) is 6. The zero-order valence-corrected chi connectivity index (χ0v) is 16.5. The van der Waals surface area contributed by atoms with E-state index >= 15 is 0 Å². The lowest BCUT2D eigenvalue weighted by atomic mass is 10.1. The monoisotopic (exact) mass is 394 g/mol. The van der Waals surface area contributed by atoms with Gasteiger partial charge in [0, 0.05) is 13.8 Å². The number of methoxy groups -OCH3 is 1. The van der Waals surface area contributed by atoms with E-state index < -0.39 is 17.7 Å². The van der Waals surface area contributed by atoms with E-state index in [0.717, 1.165) is 5.56 Å². The Morgan fingerprint density at radius 3 is 2.28 bits per heavy atom. The second-order valence-corrected chi connectivity index (χ2v) is 6.77. The largest absolute Gasteiger partial charge is 0.493 e. The van der Waals surface area contributed by atoms with Crippen molar-refractivity contribution in [3.8, 4) is 11.5 Å². The number of carbonyl (C=O) groups excluding carboxylic acids is 2. The van der Waals surface area contributed by atoms with Gasteiger partial charge in [-0.2, -0.15) is 0 Å². The first-order valence-electron chi connectivity index (χ1n) is 9.09. The molecule has 0 spiro atoms. The first-order chi connectivity index (χ1) is 13.9. The van der Waals surface area contributed by atoms with Gasteiger partial charge in [-0.25, -0.2) is 9.59 Å². The molecule has 0 unspecified atom stereocenters. The standard InChI is InChI=1S/C23H22O6/c1-23(2)28-21(24)18(22(25)29-23)14-17-11-12-19(20(15-17)26-3)27-13-7-10-16-8-5-4-6-9-16/h4-12,14-15H,13H2,1-3H3. The zero-order valence-electron chi connectivity index (χ0n) is 16.5. The van der Waals surface area contributed by atoms with E-state index in [-0.39, 0.29) is 5.57 Å². The first-order valence-corrected chi connectivity index (χ1v) is 9.09.